The predicted molar refractivity (Wildman–Crippen MR) is 128 cm³/mol. The molecule has 6 nitrogen and oxygen atoms in total. The molecule has 32 heavy (non-hydrogen) atoms. The molecule has 170 valence electrons. The molecule has 7 heteroatoms. The second kappa shape index (κ2) is 9.98. The third-order valence-corrected chi connectivity index (χ3v) is 7.59. The molecule has 0 aliphatic carbocycles. The fraction of sp³-hybridized carbons (Fsp3) is 0.400. The van der Waals surface area contributed by atoms with E-state index in [1.165, 1.54) is 5.56 Å². The minimum absolute atomic E-state index is 0.0641. The van der Waals surface area contributed by atoms with Crippen LogP contribution in [0, 0.1) is 0 Å². The van der Waals surface area contributed by atoms with E-state index in [1.54, 1.807) is 30.5 Å². The lowest BCUT2D eigenvalue weighted by molar-refractivity contribution is 0.170. The lowest BCUT2D eigenvalue weighted by Crippen LogP contribution is -2.45. The molecule has 4 rings (SSSR count). The van der Waals surface area contributed by atoms with Gasteiger partial charge in [-0.1, -0.05) is 38.1 Å². The van der Waals surface area contributed by atoms with Crippen LogP contribution in [0.1, 0.15) is 38.2 Å². The van der Waals surface area contributed by atoms with Crippen LogP contribution in [-0.4, -0.2) is 50.6 Å². The summed E-state index contributed by atoms with van der Waals surface area (Å²) in [5, 5.41) is 0.652. The first kappa shape index (κ1) is 22.7. The van der Waals surface area contributed by atoms with Gasteiger partial charge in [0.15, 0.2) is 0 Å². The van der Waals surface area contributed by atoms with Crippen LogP contribution in [0.5, 0.6) is 5.75 Å². The van der Waals surface area contributed by atoms with Crippen LogP contribution < -0.4 is 9.46 Å². The van der Waals surface area contributed by atoms with Crippen LogP contribution in [0.4, 0.5) is 0 Å². The summed E-state index contributed by atoms with van der Waals surface area (Å²) in [6.07, 6.45) is 3.24. The standard InChI is InChI=1S/C25H31N3O3S/c1-19(2)21-7-3-4-10-24(21)31-18-17-28-15-12-20(13-16-28)27-32(29,30)25-11-5-9-23-22(25)8-6-14-26-23/h3-11,14,19-20,27H,12-13,15-18H2,1-2H3. The maximum absolute atomic E-state index is 13.0. The summed E-state index contributed by atoms with van der Waals surface area (Å²) in [6, 6.07) is 16.9. The molecule has 0 atom stereocenters. The van der Waals surface area contributed by atoms with Gasteiger partial charge in [-0.25, -0.2) is 13.1 Å². The summed E-state index contributed by atoms with van der Waals surface area (Å²) in [7, 11) is -3.60. The van der Waals surface area contributed by atoms with Gasteiger partial charge >= 0.3 is 0 Å². The van der Waals surface area contributed by atoms with Crippen molar-refractivity contribution >= 4 is 20.9 Å². The van der Waals surface area contributed by atoms with Gasteiger partial charge in [0.25, 0.3) is 0 Å². The smallest absolute Gasteiger partial charge is 0.241 e. The zero-order valence-corrected chi connectivity index (χ0v) is 19.5. The van der Waals surface area contributed by atoms with Crippen molar-refractivity contribution in [2.24, 2.45) is 0 Å². The molecule has 0 bridgehead atoms. The van der Waals surface area contributed by atoms with Crippen molar-refractivity contribution in [1.82, 2.24) is 14.6 Å². The van der Waals surface area contributed by atoms with Crippen molar-refractivity contribution in [3.05, 3.63) is 66.4 Å². The van der Waals surface area contributed by atoms with Gasteiger partial charge in [-0.05, 0) is 67.7 Å². The topological polar surface area (TPSA) is 71.5 Å². The second-order valence-corrected chi connectivity index (χ2v) is 10.3. The predicted octanol–water partition coefficient (Wildman–Crippen LogP) is 4.18. The van der Waals surface area contributed by atoms with E-state index in [9.17, 15) is 8.42 Å². The first-order valence-corrected chi connectivity index (χ1v) is 12.7. The number of nitrogens with zero attached hydrogens (tertiary/aromatic N) is 2. The van der Waals surface area contributed by atoms with E-state index in [1.807, 2.05) is 24.3 Å². The number of sulfonamides is 1. The first-order chi connectivity index (χ1) is 15.4. The molecule has 0 saturated carbocycles. The number of benzene rings is 2. The number of likely N-dealkylation sites (tertiary alicyclic amines) is 1. The van der Waals surface area contributed by atoms with Crippen LogP contribution in [0.25, 0.3) is 10.9 Å². The summed E-state index contributed by atoms with van der Waals surface area (Å²) in [6.45, 7) is 7.49. The number of fused-ring (bicyclic) bond motifs is 1. The molecule has 1 saturated heterocycles. The van der Waals surface area contributed by atoms with Gasteiger partial charge in [-0.15, -0.1) is 0 Å². The summed E-state index contributed by atoms with van der Waals surface area (Å²) < 4.78 is 35.0. The molecule has 0 radical (unpaired) electrons. The number of ether oxygens (including phenoxy) is 1. The summed E-state index contributed by atoms with van der Waals surface area (Å²) in [4.78, 5) is 6.90. The van der Waals surface area contributed by atoms with E-state index in [4.69, 9.17) is 4.74 Å². The van der Waals surface area contributed by atoms with Crippen LogP contribution in [0.3, 0.4) is 0 Å². The molecule has 1 aliphatic heterocycles. The molecule has 0 spiro atoms. The van der Waals surface area contributed by atoms with Gasteiger partial charge < -0.3 is 4.74 Å². The Morgan fingerprint density at radius 2 is 1.84 bits per heavy atom. The van der Waals surface area contributed by atoms with Crippen LogP contribution >= 0.6 is 0 Å². The molecule has 2 aromatic carbocycles. The Bertz CT molecular complexity index is 1150. The number of piperidine rings is 1. The summed E-state index contributed by atoms with van der Waals surface area (Å²) >= 11 is 0. The van der Waals surface area contributed by atoms with Crippen molar-refractivity contribution in [2.45, 2.75) is 43.5 Å². The number of hydrogen-bond acceptors (Lipinski definition) is 5. The molecule has 1 aromatic heterocycles. The first-order valence-electron chi connectivity index (χ1n) is 11.2. The Kier molecular flexibility index (Phi) is 7.08. The fourth-order valence-electron chi connectivity index (χ4n) is 4.24. The molecule has 1 fully saturated rings. The average Bonchev–Trinajstić information content (AvgIpc) is 2.80. The highest BCUT2D eigenvalue weighted by Crippen LogP contribution is 2.26. The minimum Gasteiger partial charge on any atom is -0.492 e. The van der Waals surface area contributed by atoms with Gasteiger partial charge in [-0.3, -0.25) is 9.88 Å². The lowest BCUT2D eigenvalue weighted by atomic mass is 10.0. The van der Waals surface area contributed by atoms with Crippen molar-refractivity contribution in [1.29, 1.82) is 0 Å². The molecule has 1 aliphatic rings. The quantitative estimate of drug-likeness (QED) is 0.554. The SMILES string of the molecule is CC(C)c1ccccc1OCCN1CCC(NS(=O)(=O)c2cccc3ncccc23)CC1. The van der Waals surface area contributed by atoms with E-state index in [0.29, 0.717) is 28.3 Å². The third-order valence-electron chi connectivity index (χ3n) is 6.01. The normalized spacial score (nSPS) is 16.0. The number of nitrogens with one attached hydrogen (secondary N) is 1. The lowest BCUT2D eigenvalue weighted by Gasteiger charge is -2.32. The van der Waals surface area contributed by atoms with Gasteiger partial charge in [0.1, 0.15) is 12.4 Å². The summed E-state index contributed by atoms with van der Waals surface area (Å²) in [5.41, 5.74) is 1.91. The highest BCUT2D eigenvalue weighted by molar-refractivity contribution is 7.89. The zero-order chi connectivity index (χ0) is 22.6. The molecule has 3 aromatic rings. The Morgan fingerprint density at radius 1 is 1.06 bits per heavy atom. The minimum atomic E-state index is -3.60. The monoisotopic (exact) mass is 453 g/mol. The maximum atomic E-state index is 13.0. The van der Waals surface area contributed by atoms with Gasteiger partial charge in [0.05, 0.1) is 10.4 Å². The Labute approximate surface area is 190 Å². The van der Waals surface area contributed by atoms with Crippen molar-refractivity contribution < 1.29 is 13.2 Å². The molecule has 0 unspecified atom stereocenters. The van der Waals surface area contributed by atoms with Gasteiger partial charge in [0, 0.05) is 24.2 Å². The van der Waals surface area contributed by atoms with Crippen LogP contribution in [0.15, 0.2) is 65.7 Å². The summed E-state index contributed by atoms with van der Waals surface area (Å²) in [5.74, 6) is 1.38. The largest absolute Gasteiger partial charge is 0.492 e. The van der Waals surface area contributed by atoms with Crippen molar-refractivity contribution in [2.75, 3.05) is 26.2 Å². The number of rotatable bonds is 8. The third kappa shape index (κ3) is 5.28. The number of para-hydroxylation sites is 1. The molecular weight excluding hydrogens is 422 g/mol. The van der Waals surface area contributed by atoms with E-state index < -0.39 is 10.0 Å². The van der Waals surface area contributed by atoms with E-state index in [-0.39, 0.29) is 6.04 Å². The van der Waals surface area contributed by atoms with E-state index >= 15 is 0 Å². The highest BCUT2D eigenvalue weighted by Gasteiger charge is 2.25. The molecule has 2 heterocycles. The van der Waals surface area contributed by atoms with E-state index in [0.717, 1.165) is 38.2 Å². The molecular formula is C25H31N3O3S. The number of aromatic nitrogens is 1. The fourth-order valence-corrected chi connectivity index (χ4v) is 5.76. The van der Waals surface area contributed by atoms with Gasteiger partial charge in [0.2, 0.25) is 10.0 Å². The van der Waals surface area contributed by atoms with Crippen LogP contribution in [-0.2, 0) is 10.0 Å². The molecule has 0 amide bonds. The highest BCUT2D eigenvalue weighted by atomic mass is 32.2. The maximum Gasteiger partial charge on any atom is 0.241 e. The zero-order valence-electron chi connectivity index (χ0n) is 18.7. The van der Waals surface area contributed by atoms with Crippen molar-refractivity contribution in [3.8, 4) is 5.75 Å². The average molecular weight is 454 g/mol. The Morgan fingerprint density at radius 3 is 2.62 bits per heavy atom. The van der Waals surface area contributed by atoms with Gasteiger partial charge in [-0.2, -0.15) is 0 Å². The number of pyridine rings is 1. The Hall–Kier alpha value is -2.48. The Balaban J connectivity index is 1.29. The second-order valence-electron chi connectivity index (χ2n) is 8.60. The van der Waals surface area contributed by atoms with Crippen molar-refractivity contribution in [3.63, 3.8) is 0 Å². The van der Waals surface area contributed by atoms with Crippen LogP contribution in [0.2, 0.25) is 0 Å². The number of hydrogen-bond donors (Lipinski definition) is 1. The molecule has 1 N–H and O–H groups in total. The van der Waals surface area contributed by atoms with E-state index in [2.05, 4.69) is 34.5 Å².